The molecule has 0 radical (unpaired) electrons. The molecule has 0 atom stereocenters. The first-order valence-electron chi connectivity index (χ1n) is 9.25. The number of rotatable bonds is 7. The predicted octanol–water partition coefficient (Wildman–Crippen LogP) is 1.90. The van der Waals surface area contributed by atoms with Crippen molar-refractivity contribution in [2.45, 2.75) is 25.4 Å². The van der Waals surface area contributed by atoms with Crippen molar-refractivity contribution in [1.29, 1.82) is 0 Å². The molecule has 0 aromatic carbocycles. The van der Waals surface area contributed by atoms with E-state index in [2.05, 4.69) is 37.5 Å². The Morgan fingerprint density at radius 3 is 2.70 bits per heavy atom. The number of halogens is 3. The highest BCUT2D eigenvalue weighted by Gasteiger charge is 2.33. The van der Waals surface area contributed by atoms with Crippen LogP contribution in [0.3, 0.4) is 0 Å². The quantitative estimate of drug-likeness (QED) is 0.412. The first-order valence-corrected chi connectivity index (χ1v) is 10.1. The molecule has 0 bridgehead atoms. The van der Waals surface area contributed by atoms with E-state index in [1.165, 1.54) is 6.42 Å². The van der Waals surface area contributed by atoms with Gasteiger partial charge in [0, 0.05) is 45.0 Å². The average Bonchev–Trinajstić information content (AvgIpc) is 3.01. The van der Waals surface area contributed by atoms with E-state index in [0.717, 1.165) is 62.4 Å². The van der Waals surface area contributed by atoms with Gasteiger partial charge in [-0.2, -0.15) is 13.2 Å². The van der Waals surface area contributed by atoms with Gasteiger partial charge in [0.05, 0.1) is 5.01 Å². The van der Waals surface area contributed by atoms with Crippen molar-refractivity contribution in [3.05, 3.63) is 16.1 Å². The van der Waals surface area contributed by atoms with Crippen LogP contribution in [0.25, 0.3) is 0 Å². The highest BCUT2D eigenvalue weighted by molar-refractivity contribution is 7.09. The SMILES string of the molecule is CN=C(NCCCN1CCCN(C)CC1)NCCc1nc(C(F)(F)F)cs1. The molecule has 1 aromatic heterocycles. The van der Waals surface area contributed by atoms with Crippen molar-refractivity contribution < 1.29 is 13.2 Å². The molecule has 10 heteroatoms. The number of alkyl halides is 3. The first kappa shape index (κ1) is 21.9. The molecule has 1 aliphatic rings. The number of nitrogens with zero attached hydrogens (tertiary/aromatic N) is 4. The van der Waals surface area contributed by atoms with Crippen LogP contribution in [0.15, 0.2) is 10.4 Å². The molecule has 6 nitrogen and oxygen atoms in total. The number of likely N-dealkylation sites (N-methyl/N-ethyl adjacent to an activating group) is 1. The number of guanidine groups is 1. The van der Waals surface area contributed by atoms with Crippen LogP contribution >= 0.6 is 11.3 Å². The predicted molar refractivity (Wildman–Crippen MR) is 103 cm³/mol. The van der Waals surface area contributed by atoms with Gasteiger partial charge in [0.25, 0.3) is 0 Å². The Bertz CT molecular complexity index is 589. The minimum absolute atomic E-state index is 0.433. The summed E-state index contributed by atoms with van der Waals surface area (Å²) in [7, 11) is 3.85. The summed E-state index contributed by atoms with van der Waals surface area (Å²) in [6.07, 6.45) is -1.71. The Morgan fingerprint density at radius 1 is 1.22 bits per heavy atom. The van der Waals surface area contributed by atoms with Crippen molar-refractivity contribution in [3.63, 3.8) is 0 Å². The summed E-state index contributed by atoms with van der Waals surface area (Å²) in [5.41, 5.74) is -0.815. The zero-order valence-corrected chi connectivity index (χ0v) is 16.8. The smallest absolute Gasteiger partial charge is 0.356 e. The fraction of sp³-hybridized carbons (Fsp3) is 0.765. The lowest BCUT2D eigenvalue weighted by Crippen LogP contribution is -2.40. The molecular weight excluding hydrogens is 377 g/mol. The third-order valence-electron chi connectivity index (χ3n) is 4.45. The summed E-state index contributed by atoms with van der Waals surface area (Å²) in [6.45, 7) is 6.88. The van der Waals surface area contributed by atoms with E-state index in [1.807, 2.05) is 0 Å². The van der Waals surface area contributed by atoms with Gasteiger partial charge < -0.3 is 20.4 Å². The Hall–Kier alpha value is -1.39. The van der Waals surface area contributed by atoms with Crippen LogP contribution in [0.4, 0.5) is 13.2 Å². The van der Waals surface area contributed by atoms with Crippen molar-refractivity contribution in [3.8, 4) is 0 Å². The molecule has 2 N–H and O–H groups in total. The Morgan fingerprint density at radius 2 is 2.00 bits per heavy atom. The van der Waals surface area contributed by atoms with Gasteiger partial charge in [0.15, 0.2) is 11.7 Å². The van der Waals surface area contributed by atoms with Crippen molar-refractivity contribution in [1.82, 2.24) is 25.4 Å². The molecule has 1 saturated heterocycles. The van der Waals surface area contributed by atoms with Crippen LogP contribution in [0.1, 0.15) is 23.5 Å². The lowest BCUT2D eigenvalue weighted by molar-refractivity contribution is -0.140. The van der Waals surface area contributed by atoms with E-state index < -0.39 is 11.9 Å². The number of aliphatic imine (C=N–C) groups is 1. The van der Waals surface area contributed by atoms with E-state index in [9.17, 15) is 13.2 Å². The van der Waals surface area contributed by atoms with Gasteiger partial charge in [0.1, 0.15) is 0 Å². The number of aromatic nitrogens is 1. The lowest BCUT2D eigenvalue weighted by Gasteiger charge is -2.20. The van der Waals surface area contributed by atoms with Gasteiger partial charge in [-0.25, -0.2) is 4.98 Å². The van der Waals surface area contributed by atoms with Gasteiger partial charge in [-0.05, 0) is 39.5 Å². The summed E-state index contributed by atoms with van der Waals surface area (Å²) in [4.78, 5) is 12.6. The normalized spacial score (nSPS) is 17.7. The second-order valence-corrected chi connectivity index (χ2v) is 7.59. The summed E-state index contributed by atoms with van der Waals surface area (Å²) in [5.74, 6) is 0.665. The van der Waals surface area contributed by atoms with Crippen molar-refractivity contribution in [2.24, 2.45) is 4.99 Å². The molecule has 1 aromatic rings. The molecule has 0 unspecified atom stereocenters. The number of thiazole rings is 1. The molecule has 1 aliphatic heterocycles. The second kappa shape index (κ2) is 10.8. The maximum absolute atomic E-state index is 12.5. The molecule has 0 spiro atoms. The topological polar surface area (TPSA) is 55.8 Å². The third kappa shape index (κ3) is 8.02. The maximum Gasteiger partial charge on any atom is 0.434 e. The Labute approximate surface area is 162 Å². The van der Waals surface area contributed by atoms with Crippen molar-refractivity contribution >= 4 is 17.3 Å². The average molecular weight is 407 g/mol. The van der Waals surface area contributed by atoms with E-state index in [-0.39, 0.29) is 0 Å². The highest BCUT2D eigenvalue weighted by atomic mass is 32.1. The van der Waals surface area contributed by atoms with Crippen LogP contribution in [0.5, 0.6) is 0 Å². The fourth-order valence-electron chi connectivity index (χ4n) is 2.90. The van der Waals surface area contributed by atoms with Crippen LogP contribution in [0.2, 0.25) is 0 Å². The summed E-state index contributed by atoms with van der Waals surface area (Å²) in [6, 6.07) is 0. The summed E-state index contributed by atoms with van der Waals surface area (Å²) in [5, 5.41) is 7.91. The monoisotopic (exact) mass is 406 g/mol. The van der Waals surface area contributed by atoms with Crippen molar-refractivity contribution in [2.75, 3.05) is 59.9 Å². The fourth-order valence-corrected chi connectivity index (χ4v) is 3.70. The molecule has 1 fully saturated rings. The highest BCUT2D eigenvalue weighted by Crippen LogP contribution is 2.29. The number of nitrogens with one attached hydrogen (secondary N) is 2. The lowest BCUT2D eigenvalue weighted by atomic mass is 10.3. The molecule has 154 valence electrons. The molecule has 0 saturated carbocycles. The van der Waals surface area contributed by atoms with Gasteiger partial charge in [0.2, 0.25) is 0 Å². The van der Waals surface area contributed by atoms with Crippen LogP contribution in [-0.2, 0) is 12.6 Å². The van der Waals surface area contributed by atoms with E-state index >= 15 is 0 Å². The minimum atomic E-state index is -4.37. The third-order valence-corrected chi connectivity index (χ3v) is 5.36. The van der Waals surface area contributed by atoms with Gasteiger partial charge in [-0.3, -0.25) is 4.99 Å². The van der Waals surface area contributed by atoms with Gasteiger partial charge in [-0.15, -0.1) is 11.3 Å². The van der Waals surface area contributed by atoms with Gasteiger partial charge in [-0.1, -0.05) is 0 Å². The van der Waals surface area contributed by atoms with E-state index in [4.69, 9.17) is 0 Å². The molecule has 2 rings (SSSR count). The molecule has 0 aliphatic carbocycles. The maximum atomic E-state index is 12.5. The Balaban J connectivity index is 1.61. The zero-order valence-electron chi connectivity index (χ0n) is 16.0. The van der Waals surface area contributed by atoms with Crippen LogP contribution < -0.4 is 10.6 Å². The van der Waals surface area contributed by atoms with E-state index in [0.29, 0.717) is 23.9 Å². The van der Waals surface area contributed by atoms with E-state index in [1.54, 1.807) is 7.05 Å². The largest absolute Gasteiger partial charge is 0.434 e. The summed E-state index contributed by atoms with van der Waals surface area (Å²) < 4.78 is 37.6. The minimum Gasteiger partial charge on any atom is -0.356 e. The summed E-state index contributed by atoms with van der Waals surface area (Å²) >= 11 is 1.03. The van der Waals surface area contributed by atoms with Gasteiger partial charge >= 0.3 is 6.18 Å². The zero-order chi connectivity index (χ0) is 19.7. The molecular formula is C17H29F3N6S. The number of hydrogen-bond acceptors (Lipinski definition) is 5. The molecule has 0 amide bonds. The molecule has 27 heavy (non-hydrogen) atoms. The van der Waals surface area contributed by atoms with Crippen LogP contribution in [-0.4, -0.2) is 80.7 Å². The Kier molecular flexibility index (Phi) is 8.78. The van der Waals surface area contributed by atoms with Crippen LogP contribution in [0, 0.1) is 0 Å². The number of hydrogen-bond donors (Lipinski definition) is 2. The second-order valence-electron chi connectivity index (χ2n) is 6.65. The standard InChI is InChI=1S/C17H29F3N6S/c1-21-16(22-6-3-9-26-10-4-8-25(2)11-12-26)23-7-5-15-24-14(13-27-15)17(18,19)20/h13H,3-12H2,1-2H3,(H2,21,22,23). The first-order chi connectivity index (χ1) is 12.9. The molecule has 2 heterocycles.